The number of carbonyl (C=O) groups is 1. The number of nitrogens with one attached hydrogen (secondary N) is 1. The highest BCUT2D eigenvalue weighted by atomic mass is 16.5. The number of Topliss-reactive ketones (excluding diaryl/α,β-unsaturated/α-hetero) is 1. The van der Waals surface area contributed by atoms with Crippen LogP contribution in [0.2, 0.25) is 0 Å². The first-order chi connectivity index (χ1) is 13.6. The maximum absolute atomic E-state index is 12.7. The summed E-state index contributed by atoms with van der Waals surface area (Å²) >= 11 is 0. The molecule has 5 rings (SSSR count). The Morgan fingerprint density at radius 1 is 1.14 bits per heavy atom. The number of rotatable bonds is 2. The topological polar surface area (TPSA) is 51.2 Å². The number of anilines is 1. The van der Waals surface area contributed by atoms with Gasteiger partial charge in [-0.15, -0.1) is 0 Å². The Morgan fingerprint density at radius 3 is 2.86 bits per heavy atom. The number of nitrogens with zero attached hydrogens (tertiary/aromatic N) is 1. The Kier molecular flexibility index (Phi) is 3.93. The van der Waals surface area contributed by atoms with Gasteiger partial charge in [-0.25, -0.2) is 4.98 Å². The van der Waals surface area contributed by atoms with Crippen LogP contribution in [0.5, 0.6) is 5.88 Å². The zero-order valence-corrected chi connectivity index (χ0v) is 16.1. The molecule has 0 bridgehead atoms. The van der Waals surface area contributed by atoms with Crippen molar-refractivity contribution in [2.24, 2.45) is 0 Å². The minimum Gasteiger partial charge on any atom is -0.474 e. The molecule has 0 amide bonds. The number of aromatic nitrogens is 1. The number of hydrogen-bond donors (Lipinski definition) is 1. The number of pyridine rings is 1. The molecular weight excluding hydrogens is 348 g/mol. The number of benzene rings is 1. The van der Waals surface area contributed by atoms with Gasteiger partial charge in [-0.2, -0.15) is 0 Å². The molecule has 1 aliphatic heterocycles. The third-order valence-corrected chi connectivity index (χ3v) is 5.70. The molecule has 0 saturated carbocycles. The standard InChI is InChI=1S/C24H22N2O2/c1-14-3-4-16(9-14)10-20-19-11-17(5-6-18(19)12-22(20)27)21-13-26-24-23(15(21)2)25-7-8-28-24/h3-6,10-11,13,25H,7-9,12H2,1-2H3/b20-10-. The molecule has 0 radical (unpaired) electrons. The van der Waals surface area contributed by atoms with Gasteiger partial charge < -0.3 is 10.1 Å². The van der Waals surface area contributed by atoms with E-state index < -0.39 is 0 Å². The van der Waals surface area contributed by atoms with Crippen LogP contribution >= 0.6 is 0 Å². The molecule has 2 aromatic rings. The van der Waals surface area contributed by atoms with E-state index in [1.54, 1.807) is 0 Å². The predicted octanol–water partition coefficient (Wildman–Crippen LogP) is 4.65. The maximum Gasteiger partial charge on any atom is 0.237 e. The van der Waals surface area contributed by atoms with E-state index in [0.717, 1.165) is 52.0 Å². The predicted molar refractivity (Wildman–Crippen MR) is 112 cm³/mol. The second-order valence-electron chi connectivity index (χ2n) is 7.71. The van der Waals surface area contributed by atoms with Gasteiger partial charge in [0.05, 0.1) is 0 Å². The van der Waals surface area contributed by atoms with E-state index in [1.165, 1.54) is 11.1 Å². The van der Waals surface area contributed by atoms with Crippen LogP contribution in [0.15, 0.2) is 53.8 Å². The molecule has 4 nitrogen and oxygen atoms in total. The van der Waals surface area contributed by atoms with Crippen molar-refractivity contribution in [3.05, 3.63) is 70.5 Å². The van der Waals surface area contributed by atoms with Crippen molar-refractivity contribution < 1.29 is 9.53 Å². The Morgan fingerprint density at radius 2 is 2.04 bits per heavy atom. The first kappa shape index (κ1) is 17.0. The van der Waals surface area contributed by atoms with Gasteiger partial charge >= 0.3 is 0 Å². The number of fused-ring (bicyclic) bond motifs is 2. The van der Waals surface area contributed by atoms with Crippen LogP contribution in [0.1, 0.15) is 30.0 Å². The van der Waals surface area contributed by atoms with Crippen molar-refractivity contribution in [1.29, 1.82) is 0 Å². The van der Waals surface area contributed by atoms with Crippen LogP contribution in [-0.4, -0.2) is 23.9 Å². The van der Waals surface area contributed by atoms with Crippen molar-refractivity contribution in [1.82, 2.24) is 4.98 Å². The number of ether oxygens (including phenoxy) is 1. The van der Waals surface area contributed by atoms with Crippen LogP contribution in [0.25, 0.3) is 16.7 Å². The molecule has 2 heterocycles. The molecule has 0 saturated heterocycles. The molecular formula is C24H22N2O2. The summed E-state index contributed by atoms with van der Waals surface area (Å²) in [6.07, 6.45) is 9.58. The van der Waals surface area contributed by atoms with Gasteiger partial charge in [0.1, 0.15) is 12.3 Å². The van der Waals surface area contributed by atoms with Crippen molar-refractivity contribution in [2.75, 3.05) is 18.5 Å². The lowest BCUT2D eigenvalue weighted by Gasteiger charge is -2.21. The summed E-state index contributed by atoms with van der Waals surface area (Å²) in [7, 11) is 0. The monoisotopic (exact) mass is 370 g/mol. The first-order valence-electron chi connectivity index (χ1n) is 9.71. The van der Waals surface area contributed by atoms with E-state index in [2.05, 4.69) is 60.6 Å². The molecule has 0 atom stereocenters. The molecule has 4 heteroatoms. The smallest absolute Gasteiger partial charge is 0.237 e. The lowest BCUT2D eigenvalue weighted by molar-refractivity contribution is -0.112. The maximum atomic E-state index is 12.7. The van der Waals surface area contributed by atoms with Gasteiger partial charge in [-0.05, 0) is 60.2 Å². The Balaban J connectivity index is 1.57. The average Bonchev–Trinajstić information content (AvgIpc) is 3.25. The summed E-state index contributed by atoms with van der Waals surface area (Å²) in [5.74, 6) is 0.869. The van der Waals surface area contributed by atoms with E-state index in [1.807, 2.05) is 6.20 Å². The Bertz CT molecular complexity index is 1110. The van der Waals surface area contributed by atoms with E-state index in [9.17, 15) is 4.79 Å². The van der Waals surface area contributed by atoms with Crippen molar-refractivity contribution >= 4 is 17.0 Å². The SMILES string of the molecule is CC1=CC=C(/C=C2\C(=O)Cc3ccc(-c4cnc5c(c4C)NCCO5)cc32)C1. The molecule has 140 valence electrons. The fourth-order valence-electron chi connectivity index (χ4n) is 4.21. The zero-order valence-electron chi connectivity index (χ0n) is 16.1. The first-order valence-corrected chi connectivity index (χ1v) is 9.71. The van der Waals surface area contributed by atoms with Gasteiger partial charge in [-0.3, -0.25) is 4.79 Å². The summed E-state index contributed by atoms with van der Waals surface area (Å²) in [4.78, 5) is 17.1. The lowest BCUT2D eigenvalue weighted by Crippen LogP contribution is -2.20. The number of hydrogen-bond acceptors (Lipinski definition) is 4. The number of ketones is 1. The largest absolute Gasteiger partial charge is 0.474 e. The molecule has 28 heavy (non-hydrogen) atoms. The van der Waals surface area contributed by atoms with Gasteiger partial charge in [-0.1, -0.05) is 29.9 Å². The van der Waals surface area contributed by atoms with Crippen molar-refractivity contribution in [3.63, 3.8) is 0 Å². The van der Waals surface area contributed by atoms with Gasteiger partial charge in [0.15, 0.2) is 5.78 Å². The minimum atomic E-state index is 0.202. The van der Waals surface area contributed by atoms with Gasteiger partial charge in [0, 0.05) is 30.3 Å². The van der Waals surface area contributed by atoms with Gasteiger partial charge in [0.2, 0.25) is 5.88 Å². The van der Waals surface area contributed by atoms with E-state index in [0.29, 0.717) is 18.9 Å². The molecule has 1 N–H and O–H groups in total. The summed E-state index contributed by atoms with van der Waals surface area (Å²) in [5, 5.41) is 3.40. The highest BCUT2D eigenvalue weighted by molar-refractivity contribution is 6.26. The molecule has 3 aliphatic rings. The fourth-order valence-corrected chi connectivity index (χ4v) is 4.21. The number of allylic oxidation sites excluding steroid dienone is 6. The van der Waals surface area contributed by atoms with Crippen LogP contribution in [0.4, 0.5) is 5.69 Å². The molecule has 0 spiro atoms. The highest BCUT2D eigenvalue weighted by Crippen LogP contribution is 2.39. The minimum absolute atomic E-state index is 0.202. The summed E-state index contributed by atoms with van der Waals surface area (Å²) in [6.45, 7) is 5.63. The molecule has 0 unspecified atom stereocenters. The highest BCUT2D eigenvalue weighted by Gasteiger charge is 2.26. The van der Waals surface area contributed by atoms with E-state index >= 15 is 0 Å². The zero-order chi connectivity index (χ0) is 19.3. The third-order valence-electron chi connectivity index (χ3n) is 5.70. The second-order valence-corrected chi connectivity index (χ2v) is 7.71. The van der Waals surface area contributed by atoms with Crippen molar-refractivity contribution in [3.8, 4) is 17.0 Å². The normalized spacial score (nSPS) is 18.9. The van der Waals surface area contributed by atoms with Crippen LogP contribution < -0.4 is 10.1 Å². The third kappa shape index (κ3) is 2.76. The lowest BCUT2D eigenvalue weighted by atomic mass is 9.96. The second kappa shape index (κ2) is 6.48. The van der Waals surface area contributed by atoms with Gasteiger partial charge in [0.25, 0.3) is 0 Å². The quantitative estimate of drug-likeness (QED) is 0.782. The fraction of sp³-hybridized carbons (Fsp3) is 0.250. The average molecular weight is 370 g/mol. The van der Waals surface area contributed by atoms with Crippen LogP contribution in [0.3, 0.4) is 0 Å². The molecule has 2 aliphatic carbocycles. The Labute approximate surface area is 164 Å². The summed E-state index contributed by atoms with van der Waals surface area (Å²) < 4.78 is 5.64. The van der Waals surface area contributed by atoms with Crippen molar-refractivity contribution in [2.45, 2.75) is 26.7 Å². The molecule has 1 aromatic heterocycles. The van der Waals surface area contributed by atoms with E-state index in [-0.39, 0.29) is 5.78 Å². The van der Waals surface area contributed by atoms with Crippen LogP contribution in [-0.2, 0) is 11.2 Å². The van der Waals surface area contributed by atoms with Crippen LogP contribution in [0, 0.1) is 6.92 Å². The molecule has 1 aromatic carbocycles. The Hall–Kier alpha value is -3.14. The molecule has 0 fully saturated rings. The summed E-state index contributed by atoms with van der Waals surface area (Å²) in [6, 6.07) is 6.32. The van der Waals surface area contributed by atoms with E-state index in [4.69, 9.17) is 4.74 Å². The summed E-state index contributed by atoms with van der Waals surface area (Å²) in [5.41, 5.74) is 9.75. The number of carbonyl (C=O) groups excluding carboxylic acids is 1.